The summed E-state index contributed by atoms with van der Waals surface area (Å²) in [6, 6.07) is 0. The minimum absolute atomic E-state index is 0.0104. The highest BCUT2D eigenvalue weighted by molar-refractivity contribution is 8.13. The van der Waals surface area contributed by atoms with Crippen LogP contribution in [-0.2, 0) is 50.7 Å². The Hall–Kier alpha value is -2.92. The average Bonchev–Trinajstić information content (AvgIpc) is 3.64. The molecule has 2 aromatic heterocycles. The van der Waals surface area contributed by atoms with Crippen LogP contribution in [0.5, 0.6) is 0 Å². The van der Waals surface area contributed by atoms with Crippen LogP contribution in [0.4, 0.5) is 5.82 Å². The maximum atomic E-state index is 12.7. The Morgan fingerprint density at radius 2 is 1.70 bits per heavy atom. The van der Waals surface area contributed by atoms with E-state index < -0.39 is 84.6 Å². The van der Waals surface area contributed by atoms with Crippen LogP contribution in [0.25, 0.3) is 11.2 Å². The summed E-state index contributed by atoms with van der Waals surface area (Å²) in [7, 11) is -16.4. The molecule has 0 bridgehead atoms. The van der Waals surface area contributed by atoms with E-state index in [0.29, 0.717) is 12.2 Å². The molecule has 7 atom stereocenters. The van der Waals surface area contributed by atoms with Gasteiger partial charge in [0.1, 0.15) is 36.3 Å². The molecule has 0 spiro atoms. The molecule has 57 heavy (non-hydrogen) atoms. The standard InChI is InChI=1S/C26H44N7O17P3S.C3H4/c1-14(2)9-17(35)54-8-7-28-16(34)5-6-29-24(38)21(37)26(3,4)11-47-53(44,45)50-52(42,43)46-10-15-20(49-51(39,40)41)19(36)25(48-15)33-13-32-18-22(27)30-12-31-23(18)33;1-3-2/h12-15,19-21,25,36-37H,5-11H2,1-4H3,(H,28,34)(H,29,38)(H,42,43)(H,44,45)(H2,27,30,31)(H2,39,40,41);1-2H2/t15-,19-,20-,21?,25-;/m1./s1. The van der Waals surface area contributed by atoms with Crippen molar-refractivity contribution in [2.24, 2.45) is 11.3 Å². The number of imidazole rings is 1. The van der Waals surface area contributed by atoms with Crippen molar-refractivity contribution < 1.29 is 80.5 Å². The topological polar surface area (TPSA) is 364 Å². The van der Waals surface area contributed by atoms with Crippen LogP contribution in [0.15, 0.2) is 31.5 Å². The molecule has 1 aliphatic rings. The molecule has 0 saturated carbocycles. The fraction of sp³-hybridized carbons (Fsp3) is 0.621. The summed E-state index contributed by atoms with van der Waals surface area (Å²) in [4.78, 5) is 87.1. The minimum Gasteiger partial charge on any atom is -0.386 e. The molecule has 0 aliphatic carbocycles. The molecule has 10 N–H and O–H groups in total. The van der Waals surface area contributed by atoms with Crippen molar-refractivity contribution >= 4 is 69.1 Å². The molecule has 1 aliphatic heterocycles. The molecule has 1 saturated heterocycles. The van der Waals surface area contributed by atoms with Crippen molar-refractivity contribution in [2.45, 2.75) is 71.2 Å². The van der Waals surface area contributed by atoms with Crippen LogP contribution in [0.3, 0.4) is 0 Å². The van der Waals surface area contributed by atoms with Gasteiger partial charge in [-0.2, -0.15) is 4.31 Å². The second-order valence-corrected chi connectivity index (χ2v) is 18.5. The Morgan fingerprint density at radius 1 is 1.07 bits per heavy atom. The molecule has 1 fully saturated rings. The number of hydrogen-bond acceptors (Lipinski definition) is 18. The molecule has 24 nitrogen and oxygen atoms in total. The fourth-order valence-electron chi connectivity index (χ4n) is 4.69. The average molecular weight is 892 g/mol. The zero-order valence-electron chi connectivity index (χ0n) is 31.3. The van der Waals surface area contributed by atoms with Crippen LogP contribution < -0.4 is 16.4 Å². The molecule has 322 valence electrons. The van der Waals surface area contributed by atoms with Gasteiger partial charge < -0.3 is 50.9 Å². The number of ether oxygens (including phenoxy) is 1. The smallest absolute Gasteiger partial charge is 0.386 e. The molecule has 3 heterocycles. The number of nitrogens with zero attached hydrogens (tertiary/aromatic N) is 4. The van der Waals surface area contributed by atoms with Gasteiger partial charge >= 0.3 is 23.5 Å². The van der Waals surface area contributed by atoms with Gasteiger partial charge in [-0.15, -0.1) is 5.73 Å². The number of nitrogens with two attached hydrogens (primary N) is 1. The number of aliphatic hydroxyl groups excluding tert-OH is 2. The number of phosphoric ester groups is 3. The Labute approximate surface area is 331 Å². The summed E-state index contributed by atoms with van der Waals surface area (Å²) in [5.74, 6) is -0.844. The summed E-state index contributed by atoms with van der Waals surface area (Å²) in [6.45, 7) is 10.6. The van der Waals surface area contributed by atoms with E-state index in [9.17, 15) is 57.9 Å². The van der Waals surface area contributed by atoms with E-state index in [1.165, 1.54) is 13.8 Å². The van der Waals surface area contributed by atoms with Crippen molar-refractivity contribution in [1.29, 1.82) is 0 Å². The Balaban J connectivity index is 0.00000362. The van der Waals surface area contributed by atoms with Gasteiger partial charge in [0.2, 0.25) is 11.8 Å². The third-order valence-corrected chi connectivity index (χ3v) is 11.3. The maximum Gasteiger partial charge on any atom is 0.481 e. The molecule has 28 heteroatoms. The van der Waals surface area contributed by atoms with Crippen LogP contribution in [0.1, 0.15) is 46.8 Å². The molecular formula is C29H48N7O17P3S. The molecule has 2 aromatic rings. The number of nitrogen functional groups attached to an aromatic ring is 1. The van der Waals surface area contributed by atoms with Crippen LogP contribution in [0, 0.1) is 11.3 Å². The van der Waals surface area contributed by atoms with Gasteiger partial charge in [-0.05, 0) is 5.92 Å². The zero-order chi connectivity index (χ0) is 43.4. The van der Waals surface area contributed by atoms with E-state index in [2.05, 4.69) is 53.3 Å². The number of phosphoric acid groups is 3. The number of hydrogen-bond donors (Lipinski definition) is 9. The number of nitrogens with one attached hydrogen (secondary N) is 2. The van der Waals surface area contributed by atoms with Gasteiger partial charge in [-0.3, -0.25) is 32.5 Å². The lowest BCUT2D eigenvalue weighted by Crippen LogP contribution is -2.46. The second-order valence-electron chi connectivity index (χ2n) is 13.1. The summed E-state index contributed by atoms with van der Waals surface area (Å²) < 4.78 is 62.0. The number of aliphatic hydroxyl groups is 2. The molecule has 0 radical (unpaired) electrons. The van der Waals surface area contributed by atoms with Gasteiger partial charge in [-0.1, -0.05) is 52.6 Å². The maximum absolute atomic E-state index is 12.7. The van der Waals surface area contributed by atoms with Crippen molar-refractivity contribution in [3.63, 3.8) is 0 Å². The lowest BCUT2D eigenvalue weighted by atomic mass is 9.87. The number of aromatic nitrogens is 4. The van der Waals surface area contributed by atoms with Crippen molar-refractivity contribution in [1.82, 2.24) is 30.2 Å². The summed E-state index contributed by atoms with van der Waals surface area (Å²) in [6.07, 6.45) is -6.47. The summed E-state index contributed by atoms with van der Waals surface area (Å²) in [5.41, 5.74) is 6.52. The first-order valence-electron chi connectivity index (χ1n) is 16.7. The Kier molecular flexibility index (Phi) is 19.3. The van der Waals surface area contributed by atoms with Gasteiger partial charge in [0.05, 0.1) is 19.5 Å². The third-order valence-electron chi connectivity index (χ3n) is 7.34. The number of fused-ring (bicyclic) bond motifs is 1. The van der Waals surface area contributed by atoms with Crippen molar-refractivity contribution in [2.75, 3.05) is 37.8 Å². The molecule has 3 rings (SSSR count). The van der Waals surface area contributed by atoms with Gasteiger partial charge in [-0.25, -0.2) is 28.6 Å². The van der Waals surface area contributed by atoms with Crippen LogP contribution >= 0.6 is 35.2 Å². The van der Waals surface area contributed by atoms with E-state index in [0.717, 1.165) is 29.0 Å². The highest BCUT2D eigenvalue weighted by atomic mass is 32.2. The number of anilines is 1. The van der Waals surface area contributed by atoms with E-state index in [-0.39, 0.29) is 47.5 Å². The van der Waals surface area contributed by atoms with Crippen LogP contribution in [0.2, 0.25) is 0 Å². The first-order chi connectivity index (χ1) is 26.3. The SMILES string of the molecule is C=C=C.CC(C)CC(=O)SCCNC(=O)CCNC(=O)C(O)C(C)(C)COP(=O)(O)OP(=O)(O)OC[C@H]1O[C@@H](n2cnc3c(N)ncnc32)[C@H](O)[C@@H]1OP(=O)(O)O. The lowest BCUT2D eigenvalue weighted by molar-refractivity contribution is -0.137. The van der Waals surface area contributed by atoms with Gasteiger partial charge in [0.25, 0.3) is 0 Å². The highest BCUT2D eigenvalue weighted by Crippen LogP contribution is 2.61. The summed E-state index contributed by atoms with van der Waals surface area (Å²) in [5, 5.41) is 26.3. The normalized spacial score (nSPS) is 21.1. The van der Waals surface area contributed by atoms with Gasteiger partial charge in [0, 0.05) is 37.1 Å². The van der Waals surface area contributed by atoms with E-state index in [1.807, 2.05) is 13.8 Å². The molecule has 0 aromatic carbocycles. The number of carbonyl (C=O) groups excluding carboxylic acids is 3. The molecular weight excluding hydrogens is 843 g/mol. The molecule has 2 amide bonds. The fourth-order valence-corrected chi connectivity index (χ4v) is 8.40. The number of carbonyl (C=O) groups is 3. The predicted octanol–water partition coefficient (Wildman–Crippen LogP) is 0.668. The van der Waals surface area contributed by atoms with Gasteiger partial charge in [0.15, 0.2) is 22.8 Å². The number of thioether (sulfide) groups is 1. The van der Waals surface area contributed by atoms with E-state index >= 15 is 0 Å². The quantitative estimate of drug-likeness (QED) is 0.0472. The minimum atomic E-state index is -5.56. The first kappa shape index (κ1) is 50.2. The third kappa shape index (κ3) is 16.7. The van der Waals surface area contributed by atoms with Crippen LogP contribution in [-0.4, -0.2) is 123 Å². The number of amides is 2. The second kappa shape index (κ2) is 21.9. The highest BCUT2D eigenvalue weighted by Gasteiger charge is 2.50. The monoisotopic (exact) mass is 891 g/mol. The van der Waals surface area contributed by atoms with E-state index in [4.69, 9.17) is 19.5 Å². The van der Waals surface area contributed by atoms with E-state index in [1.54, 1.807) is 0 Å². The Bertz CT molecular complexity index is 1870. The molecule has 3 unspecified atom stereocenters. The zero-order valence-corrected chi connectivity index (χ0v) is 34.8. The number of rotatable bonds is 21. The predicted molar refractivity (Wildman–Crippen MR) is 201 cm³/mol. The first-order valence-corrected chi connectivity index (χ1v) is 22.2. The lowest BCUT2D eigenvalue weighted by Gasteiger charge is -2.30. The largest absolute Gasteiger partial charge is 0.481 e. The van der Waals surface area contributed by atoms with Crippen molar-refractivity contribution in [3.8, 4) is 0 Å². The Morgan fingerprint density at radius 3 is 2.32 bits per heavy atom. The summed E-state index contributed by atoms with van der Waals surface area (Å²) >= 11 is 1.10. The van der Waals surface area contributed by atoms with Crippen molar-refractivity contribution in [3.05, 3.63) is 31.5 Å².